The van der Waals surface area contributed by atoms with Crippen LogP contribution in [-0.2, 0) is 13.0 Å². The molecule has 0 aliphatic carbocycles. The minimum absolute atomic E-state index is 0.0416. The van der Waals surface area contributed by atoms with Gasteiger partial charge in [-0.3, -0.25) is 10.1 Å². The van der Waals surface area contributed by atoms with Gasteiger partial charge in [-0.15, -0.1) is 0 Å². The summed E-state index contributed by atoms with van der Waals surface area (Å²) in [6, 6.07) is 11.9. The first-order valence-corrected chi connectivity index (χ1v) is 7.49. The van der Waals surface area contributed by atoms with Gasteiger partial charge in [-0.1, -0.05) is 35.9 Å². The maximum absolute atomic E-state index is 12.4. The van der Waals surface area contributed by atoms with Crippen LogP contribution >= 0.6 is 11.6 Å². The van der Waals surface area contributed by atoms with Gasteiger partial charge < -0.3 is 10.2 Å². The SMILES string of the molecule is O=C(Nc1ccc(Cl)c([N+](=O)[O-])c1)N1CCc2ccccc2C1. The summed E-state index contributed by atoms with van der Waals surface area (Å²) in [7, 11) is 0. The van der Waals surface area contributed by atoms with Crippen molar-refractivity contribution < 1.29 is 9.72 Å². The molecule has 0 atom stereocenters. The monoisotopic (exact) mass is 331 g/mol. The molecule has 2 amide bonds. The number of urea groups is 1. The van der Waals surface area contributed by atoms with Crippen LogP contribution in [0.3, 0.4) is 0 Å². The number of benzene rings is 2. The molecule has 1 heterocycles. The molecule has 3 rings (SSSR count). The Morgan fingerprint density at radius 1 is 1.22 bits per heavy atom. The number of halogens is 1. The van der Waals surface area contributed by atoms with Gasteiger partial charge in [0.1, 0.15) is 5.02 Å². The van der Waals surface area contributed by atoms with Crippen molar-refractivity contribution in [3.05, 3.63) is 68.7 Å². The lowest BCUT2D eigenvalue weighted by Crippen LogP contribution is -2.38. The predicted octanol–water partition coefficient (Wildman–Crippen LogP) is 3.84. The Balaban J connectivity index is 1.73. The second-order valence-electron chi connectivity index (χ2n) is 5.29. The van der Waals surface area contributed by atoms with Crippen LogP contribution in [0.4, 0.5) is 16.2 Å². The molecule has 0 spiro atoms. The van der Waals surface area contributed by atoms with Crippen LogP contribution in [0, 0.1) is 10.1 Å². The minimum Gasteiger partial charge on any atom is -0.320 e. The zero-order valence-electron chi connectivity index (χ0n) is 12.2. The van der Waals surface area contributed by atoms with Gasteiger partial charge in [0.25, 0.3) is 5.69 Å². The minimum atomic E-state index is -0.574. The van der Waals surface area contributed by atoms with E-state index in [1.165, 1.54) is 17.7 Å². The van der Waals surface area contributed by atoms with Crippen molar-refractivity contribution in [1.29, 1.82) is 0 Å². The molecular formula is C16H14ClN3O3. The zero-order valence-corrected chi connectivity index (χ0v) is 12.9. The standard InChI is InChI=1S/C16H14ClN3O3/c17-14-6-5-13(9-15(14)20(22)23)18-16(21)19-8-7-11-3-1-2-4-12(11)10-19/h1-6,9H,7-8,10H2,(H,18,21). The molecule has 6 nitrogen and oxygen atoms in total. The van der Waals surface area contributed by atoms with Crippen LogP contribution in [0.1, 0.15) is 11.1 Å². The highest BCUT2D eigenvalue weighted by Gasteiger charge is 2.21. The number of fused-ring (bicyclic) bond motifs is 1. The zero-order chi connectivity index (χ0) is 16.4. The molecule has 23 heavy (non-hydrogen) atoms. The molecule has 2 aromatic rings. The first kappa shape index (κ1) is 15.3. The lowest BCUT2D eigenvalue weighted by Gasteiger charge is -2.28. The Morgan fingerprint density at radius 2 is 1.96 bits per heavy atom. The molecule has 0 aromatic heterocycles. The van der Waals surface area contributed by atoms with E-state index in [9.17, 15) is 14.9 Å². The first-order valence-electron chi connectivity index (χ1n) is 7.11. The molecule has 118 valence electrons. The van der Waals surface area contributed by atoms with Gasteiger partial charge in [0.15, 0.2) is 0 Å². The number of nitrogens with one attached hydrogen (secondary N) is 1. The Kier molecular flexibility index (Phi) is 4.16. The number of amides is 2. The second-order valence-corrected chi connectivity index (χ2v) is 5.70. The van der Waals surface area contributed by atoms with E-state index in [1.54, 1.807) is 11.0 Å². The molecular weight excluding hydrogens is 318 g/mol. The Hall–Kier alpha value is -2.60. The van der Waals surface area contributed by atoms with Gasteiger partial charge in [0.05, 0.1) is 4.92 Å². The van der Waals surface area contributed by atoms with Crippen molar-refractivity contribution >= 4 is 29.0 Å². The van der Waals surface area contributed by atoms with Crippen LogP contribution in [-0.4, -0.2) is 22.4 Å². The van der Waals surface area contributed by atoms with Crippen LogP contribution in [0.25, 0.3) is 0 Å². The van der Waals surface area contributed by atoms with E-state index in [2.05, 4.69) is 11.4 Å². The quantitative estimate of drug-likeness (QED) is 0.671. The highest BCUT2D eigenvalue weighted by molar-refractivity contribution is 6.32. The van der Waals surface area contributed by atoms with E-state index in [4.69, 9.17) is 11.6 Å². The van der Waals surface area contributed by atoms with Crippen LogP contribution in [0.2, 0.25) is 5.02 Å². The molecule has 0 saturated carbocycles. The average Bonchev–Trinajstić information content (AvgIpc) is 2.55. The van der Waals surface area contributed by atoms with Gasteiger partial charge in [0.2, 0.25) is 0 Å². The van der Waals surface area contributed by atoms with Crippen molar-refractivity contribution in [2.75, 3.05) is 11.9 Å². The van der Waals surface area contributed by atoms with Gasteiger partial charge in [0, 0.05) is 24.8 Å². The summed E-state index contributed by atoms with van der Waals surface area (Å²) in [6.45, 7) is 1.14. The third-order valence-electron chi connectivity index (χ3n) is 3.81. The van der Waals surface area contributed by atoms with Crippen molar-refractivity contribution in [3.8, 4) is 0 Å². The first-order chi connectivity index (χ1) is 11.0. The predicted molar refractivity (Wildman–Crippen MR) is 87.7 cm³/mol. The molecule has 1 aliphatic rings. The largest absolute Gasteiger partial charge is 0.322 e. The van der Waals surface area contributed by atoms with Crippen LogP contribution in [0.15, 0.2) is 42.5 Å². The third kappa shape index (κ3) is 3.27. The van der Waals surface area contributed by atoms with E-state index in [0.29, 0.717) is 18.8 Å². The fourth-order valence-corrected chi connectivity index (χ4v) is 2.79. The van der Waals surface area contributed by atoms with Crippen molar-refractivity contribution in [3.63, 3.8) is 0 Å². The van der Waals surface area contributed by atoms with Crippen LogP contribution in [0.5, 0.6) is 0 Å². The molecule has 1 aliphatic heterocycles. The van der Waals surface area contributed by atoms with E-state index < -0.39 is 4.92 Å². The molecule has 1 N–H and O–H groups in total. The molecule has 0 saturated heterocycles. The summed E-state index contributed by atoms with van der Waals surface area (Å²) < 4.78 is 0. The molecule has 0 bridgehead atoms. The summed E-state index contributed by atoms with van der Waals surface area (Å²) >= 11 is 5.77. The Labute approximate surface area is 137 Å². The van der Waals surface area contributed by atoms with E-state index >= 15 is 0 Å². The van der Waals surface area contributed by atoms with Gasteiger partial charge in [-0.05, 0) is 29.7 Å². The maximum atomic E-state index is 12.4. The normalized spacial score (nSPS) is 13.3. The third-order valence-corrected chi connectivity index (χ3v) is 4.13. The van der Waals surface area contributed by atoms with E-state index in [-0.39, 0.29) is 16.7 Å². The van der Waals surface area contributed by atoms with E-state index in [0.717, 1.165) is 12.0 Å². The highest BCUT2D eigenvalue weighted by atomic mass is 35.5. The number of nitrogens with zero attached hydrogens (tertiary/aromatic N) is 2. The molecule has 2 aromatic carbocycles. The van der Waals surface area contributed by atoms with E-state index in [1.807, 2.05) is 18.2 Å². The molecule has 0 unspecified atom stereocenters. The smallest absolute Gasteiger partial charge is 0.320 e. The van der Waals surface area contributed by atoms with Crippen molar-refractivity contribution in [2.45, 2.75) is 13.0 Å². The second kappa shape index (κ2) is 6.26. The van der Waals surface area contributed by atoms with Crippen molar-refractivity contribution in [1.82, 2.24) is 4.90 Å². The Morgan fingerprint density at radius 3 is 2.70 bits per heavy atom. The summed E-state index contributed by atoms with van der Waals surface area (Å²) in [6.07, 6.45) is 0.796. The topological polar surface area (TPSA) is 75.5 Å². The lowest BCUT2D eigenvalue weighted by molar-refractivity contribution is -0.384. The maximum Gasteiger partial charge on any atom is 0.322 e. The summed E-state index contributed by atoms with van der Waals surface area (Å²) in [5.41, 5.74) is 2.49. The van der Waals surface area contributed by atoms with Gasteiger partial charge >= 0.3 is 6.03 Å². The molecule has 0 radical (unpaired) electrons. The number of nitro groups is 1. The fraction of sp³-hybridized carbons (Fsp3) is 0.188. The number of carbonyl (C=O) groups is 1. The number of carbonyl (C=O) groups excluding carboxylic acids is 1. The van der Waals surface area contributed by atoms with Gasteiger partial charge in [-0.25, -0.2) is 4.79 Å². The number of nitro benzene ring substituents is 1. The number of hydrogen-bond donors (Lipinski definition) is 1. The van der Waals surface area contributed by atoms with Gasteiger partial charge in [-0.2, -0.15) is 0 Å². The number of rotatable bonds is 2. The summed E-state index contributed by atoms with van der Waals surface area (Å²) in [5, 5.41) is 13.6. The highest BCUT2D eigenvalue weighted by Crippen LogP contribution is 2.28. The lowest BCUT2D eigenvalue weighted by atomic mass is 10.0. The fourth-order valence-electron chi connectivity index (χ4n) is 2.60. The molecule has 0 fully saturated rings. The Bertz CT molecular complexity index is 779. The summed E-state index contributed by atoms with van der Waals surface area (Å²) in [4.78, 5) is 24.4. The van der Waals surface area contributed by atoms with Crippen LogP contribution < -0.4 is 5.32 Å². The molecule has 7 heteroatoms. The average molecular weight is 332 g/mol. The number of hydrogen-bond acceptors (Lipinski definition) is 3. The number of anilines is 1. The summed E-state index contributed by atoms with van der Waals surface area (Å²) in [5.74, 6) is 0. The van der Waals surface area contributed by atoms with Crippen molar-refractivity contribution in [2.24, 2.45) is 0 Å².